The summed E-state index contributed by atoms with van der Waals surface area (Å²) in [5, 5.41) is 0. The predicted molar refractivity (Wildman–Crippen MR) is 129 cm³/mol. The Bertz CT molecular complexity index is 1030. The van der Waals surface area contributed by atoms with E-state index in [9.17, 15) is 18.8 Å². The first kappa shape index (κ1) is 28.0. The van der Waals surface area contributed by atoms with E-state index in [1.807, 2.05) is 20.8 Å². The zero-order valence-corrected chi connectivity index (χ0v) is 21.3. The largest absolute Gasteiger partial charge is 0.493 e. The molecular formula is C27H34FNO6. The number of Topliss-reactive ketones (excluding diaryl/α,β-unsaturated/α-hetero) is 1. The van der Waals surface area contributed by atoms with Crippen molar-refractivity contribution in [2.75, 3.05) is 7.11 Å². The molecule has 0 N–H and O–H groups in total. The number of methoxy groups -OCH3 is 1. The van der Waals surface area contributed by atoms with Gasteiger partial charge in [-0.05, 0) is 30.5 Å². The van der Waals surface area contributed by atoms with Crippen molar-refractivity contribution in [2.24, 2.45) is 17.8 Å². The smallest absolute Gasteiger partial charge is 0.313 e. The molecule has 8 heteroatoms. The quantitative estimate of drug-likeness (QED) is 0.311. The third-order valence-corrected chi connectivity index (χ3v) is 5.94. The van der Waals surface area contributed by atoms with Crippen LogP contribution >= 0.6 is 0 Å². The van der Waals surface area contributed by atoms with E-state index >= 15 is 0 Å². The minimum atomic E-state index is -0.744. The van der Waals surface area contributed by atoms with E-state index in [0.29, 0.717) is 0 Å². The van der Waals surface area contributed by atoms with Gasteiger partial charge in [0, 0.05) is 24.6 Å². The van der Waals surface area contributed by atoms with Crippen molar-refractivity contribution >= 4 is 17.7 Å². The van der Waals surface area contributed by atoms with E-state index in [4.69, 9.17) is 14.2 Å². The number of halogens is 1. The van der Waals surface area contributed by atoms with E-state index in [1.165, 1.54) is 31.5 Å². The lowest BCUT2D eigenvalue weighted by Crippen LogP contribution is -2.30. The molecule has 0 amide bonds. The summed E-state index contributed by atoms with van der Waals surface area (Å²) in [5.74, 6) is -3.27. The van der Waals surface area contributed by atoms with Crippen LogP contribution in [-0.2, 0) is 14.3 Å². The highest BCUT2D eigenvalue weighted by Crippen LogP contribution is 2.33. The first-order chi connectivity index (χ1) is 16.5. The normalized spacial score (nSPS) is 13.8. The highest BCUT2D eigenvalue weighted by Gasteiger charge is 2.32. The van der Waals surface area contributed by atoms with Gasteiger partial charge in [0.2, 0.25) is 5.75 Å². The number of carbonyl (C=O) groups is 3. The van der Waals surface area contributed by atoms with Gasteiger partial charge >= 0.3 is 11.9 Å². The Hall–Kier alpha value is -3.29. The number of ether oxygens (including phenoxy) is 3. The number of rotatable bonds is 11. The van der Waals surface area contributed by atoms with Crippen molar-refractivity contribution in [3.05, 3.63) is 53.6 Å². The molecule has 0 saturated heterocycles. The fourth-order valence-corrected chi connectivity index (χ4v) is 3.40. The van der Waals surface area contributed by atoms with E-state index < -0.39 is 35.7 Å². The Kier molecular flexibility index (Phi) is 9.92. The predicted octanol–water partition coefficient (Wildman–Crippen LogP) is 5.37. The molecule has 1 aromatic heterocycles. The molecule has 0 aliphatic heterocycles. The summed E-state index contributed by atoms with van der Waals surface area (Å²) >= 11 is 0. The minimum Gasteiger partial charge on any atom is -0.493 e. The molecule has 0 saturated carbocycles. The number of hydrogen-bond acceptors (Lipinski definition) is 7. The maximum absolute atomic E-state index is 13.2. The van der Waals surface area contributed by atoms with E-state index in [-0.39, 0.29) is 41.3 Å². The van der Waals surface area contributed by atoms with Crippen LogP contribution in [0.2, 0.25) is 0 Å². The second-order valence-electron chi connectivity index (χ2n) is 9.23. The Labute approximate surface area is 206 Å². The minimum absolute atomic E-state index is 0.0622. The average Bonchev–Trinajstić information content (AvgIpc) is 2.81. The highest BCUT2D eigenvalue weighted by atomic mass is 19.1. The summed E-state index contributed by atoms with van der Waals surface area (Å²) < 4.78 is 29.6. The molecule has 2 rings (SSSR count). The van der Waals surface area contributed by atoms with E-state index in [0.717, 1.165) is 5.56 Å². The molecule has 0 unspecified atom stereocenters. The second kappa shape index (κ2) is 12.4. The Morgan fingerprint density at radius 3 is 2.11 bits per heavy atom. The number of nitrogens with zero attached hydrogens (tertiary/aromatic N) is 1. The summed E-state index contributed by atoms with van der Waals surface area (Å²) in [6.45, 7) is 10.6. The molecule has 7 nitrogen and oxygen atoms in total. The number of hydrogen-bond donors (Lipinski definition) is 0. The molecule has 3 atom stereocenters. The highest BCUT2D eigenvalue weighted by molar-refractivity contribution is 6.00. The van der Waals surface area contributed by atoms with Crippen LogP contribution in [0.4, 0.5) is 4.39 Å². The zero-order chi connectivity index (χ0) is 26.3. The van der Waals surface area contributed by atoms with Crippen LogP contribution in [0.1, 0.15) is 69.9 Å². The van der Waals surface area contributed by atoms with Gasteiger partial charge in [-0.3, -0.25) is 14.4 Å². The van der Waals surface area contributed by atoms with E-state index in [1.54, 1.807) is 32.9 Å². The van der Waals surface area contributed by atoms with Crippen LogP contribution in [0.3, 0.4) is 0 Å². The van der Waals surface area contributed by atoms with Crippen molar-refractivity contribution in [3.63, 3.8) is 0 Å². The van der Waals surface area contributed by atoms with Crippen molar-refractivity contribution in [1.29, 1.82) is 0 Å². The number of benzene rings is 1. The van der Waals surface area contributed by atoms with Gasteiger partial charge in [-0.1, -0.05) is 46.8 Å². The molecule has 0 aliphatic carbocycles. The van der Waals surface area contributed by atoms with Gasteiger partial charge in [0.25, 0.3) is 0 Å². The maximum Gasteiger partial charge on any atom is 0.313 e. The fraction of sp³-hybridized carbons (Fsp3) is 0.481. The lowest BCUT2D eigenvalue weighted by molar-refractivity contribution is -0.155. The van der Waals surface area contributed by atoms with Crippen LogP contribution in [-0.4, -0.2) is 35.9 Å². The molecule has 1 aromatic carbocycles. The van der Waals surface area contributed by atoms with Crippen LogP contribution in [0.15, 0.2) is 36.5 Å². The van der Waals surface area contributed by atoms with Gasteiger partial charge in [-0.25, -0.2) is 9.37 Å². The number of ketones is 1. The fourth-order valence-electron chi connectivity index (χ4n) is 3.40. The Morgan fingerprint density at radius 1 is 0.943 bits per heavy atom. The SMILES string of the molecule is COc1ccnc(C(=O)C[C@H](C(=O)O[C@@H](C)[C@@H](C)c2ccc(F)cc2)C(C)C)c1OC(=O)C(C)C. The second-order valence-corrected chi connectivity index (χ2v) is 9.23. The molecule has 0 radical (unpaired) electrons. The summed E-state index contributed by atoms with van der Waals surface area (Å²) in [6, 6.07) is 7.53. The summed E-state index contributed by atoms with van der Waals surface area (Å²) in [5.41, 5.74) is 0.755. The molecular weight excluding hydrogens is 453 g/mol. The summed E-state index contributed by atoms with van der Waals surface area (Å²) in [7, 11) is 1.40. The Balaban J connectivity index is 2.21. The summed E-state index contributed by atoms with van der Waals surface area (Å²) in [6.07, 6.45) is 0.705. The zero-order valence-electron chi connectivity index (χ0n) is 21.3. The third kappa shape index (κ3) is 7.34. The van der Waals surface area contributed by atoms with E-state index in [2.05, 4.69) is 4.98 Å². The van der Waals surface area contributed by atoms with Crippen molar-refractivity contribution in [2.45, 2.75) is 60.0 Å². The first-order valence-corrected chi connectivity index (χ1v) is 11.7. The average molecular weight is 488 g/mol. The van der Waals surface area contributed by atoms with Crippen molar-refractivity contribution in [1.82, 2.24) is 4.98 Å². The molecule has 0 bridgehead atoms. The van der Waals surface area contributed by atoms with Gasteiger partial charge in [0.15, 0.2) is 17.2 Å². The molecule has 0 aliphatic rings. The third-order valence-electron chi connectivity index (χ3n) is 5.94. The molecule has 0 fully saturated rings. The van der Waals surface area contributed by atoms with Gasteiger partial charge in [-0.15, -0.1) is 0 Å². The molecule has 0 spiro atoms. The lowest BCUT2D eigenvalue weighted by Gasteiger charge is -2.25. The van der Waals surface area contributed by atoms with Crippen LogP contribution in [0.25, 0.3) is 0 Å². The number of esters is 2. The standard InChI is InChI=1S/C27H34FNO6/c1-15(2)21(27(32)34-18(6)17(5)19-8-10-20(28)11-9-19)14-22(30)24-25(35-26(31)16(3)4)23(33-7)12-13-29-24/h8-13,15-18,21H,14H2,1-7H3/t17-,18+,21+/m1/s1. The van der Waals surface area contributed by atoms with Gasteiger partial charge in [0.1, 0.15) is 11.9 Å². The number of carbonyl (C=O) groups excluding carboxylic acids is 3. The lowest BCUT2D eigenvalue weighted by atomic mass is 9.89. The van der Waals surface area contributed by atoms with Gasteiger partial charge in [-0.2, -0.15) is 0 Å². The van der Waals surface area contributed by atoms with Crippen LogP contribution in [0, 0.1) is 23.6 Å². The summed E-state index contributed by atoms with van der Waals surface area (Å²) in [4.78, 5) is 42.6. The molecule has 1 heterocycles. The van der Waals surface area contributed by atoms with Crippen LogP contribution < -0.4 is 9.47 Å². The van der Waals surface area contributed by atoms with Crippen molar-refractivity contribution in [3.8, 4) is 11.5 Å². The maximum atomic E-state index is 13.2. The van der Waals surface area contributed by atoms with Crippen LogP contribution in [0.5, 0.6) is 11.5 Å². The molecule has 35 heavy (non-hydrogen) atoms. The topological polar surface area (TPSA) is 91.8 Å². The monoisotopic (exact) mass is 487 g/mol. The molecule has 190 valence electrons. The van der Waals surface area contributed by atoms with Gasteiger partial charge < -0.3 is 14.2 Å². The molecule has 2 aromatic rings. The van der Waals surface area contributed by atoms with Crippen molar-refractivity contribution < 1.29 is 33.0 Å². The Morgan fingerprint density at radius 2 is 1.57 bits per heavy atom. The first-order valence-electron chi connectivity index (χ1n) is 11.7. The number of aromatic nitrogens is 1. The number of pyridine rings is 1. The van der Waals surface area contributed by atoms with Gasteiger partial charge in [0.05, 0.1) is 18.9 Å².